The minimum atomic E-state index is -0.0376. The zero-order valence-electron chi connectivity index (χ0n) is 17.1. The number of fused-ring (bicyclic) bond motifs is 1. The number of para-hydroxylation sites is 1. The maximum atomic E-state index is 13.1. The monoisotopic (exact) mass is 404 g/mol. The average Bonchev–Trinajstić information content (AvgIpc) is 3.45. The number of carbonyl (C=O) groups is 1. The van der Waals surface area contributed by atoms with Gasteiger partial charge in [-0.05, 0) is 37.0 Å². The molecule has 1 aromatic carbocycles. The highest BCUT2D eigenvalue weighted by molar-refractivity contribution is 5.95. The van der Waals surface area contributed by atoms with E-state index in [4.69, 9.17) is 4.74 Å². The third-order valence-corrected chi connectivity index (χ3v) is 6.66. The molecule has 1 saturated carbocycles. The topological polar surface area (TPSA) is 79.9 Å². The Hall–Kier alpha value is -2.73. The van der Waals surface area contributed by atoms with Gasteiger partial charge in [-0.3, -0.25) is 14.9 Å². The van der Waals surface area contributed by atoms with Gasteiger partial charge in [-0.1, -0.05) is 37.5 Å². The first kappa shape index (κ1) is 19.2. The van der Waals surface area contributed by atoms with E-state index >= 15 is 0 Å². The first-order valence-electron chi connectivity index (χ1n) is 11.0. The number of benzene rings is 1. The molecule has 156 valence electrons. The molecule has 0 bridgehead atoms. The molecule has 2 atom stereocenters. The van der Waals surface area contributed by atoms with Crippen LogP contribution in [0.5, 0.6) is 0 Å². The fourth-order valence-corrected chi connectivity index (χ4v) is 5.00. The van der Waals surface area contributed by atoms with Gasteiger partial charge in [0.1, 0.15) is 0 Å². The first-order chi connectivity index (χ1) is 14.8. The molecule has 30 heavy (non-hydrogen) atoms. The van der Waals surface area contributed by atoms with E-state index in [9.17, 15) is 4.79 Å². The van der Waals surface area contributed by atoms with Crippen LogP contribution < -0.4 is 5.32 Å². The van der Waals surface area contributed by atoms with Crippen LogP contribution in [0.15, 0.2) is 42.7 Å². The normalized spacial score (nSPS) is 22.4. The van der Waals surface area contributed by atoms with Crippen LogP contribution in [0.2, 0.25) is 0 Å². The zero-order valence-corrected chi connectivity index (χ0v) is 17.1. The second-order valence-electron chi connectivity index (χ2n) is 8.60. The van der Waals surface area contributed by atoms with Crippen molar-refractivity contribution in [1.29, 1.82) is 0 Å². The van der Waals surface area contributed by atoms with Crippen molar-refractivity contribution in [3.63, 3.8) is 0 Å². The van der Waals surface area contributed by atoms with Crippen LogP contribution >= 0.6 is 0 Å². The fourth-order valence-electron chi connectivity index (χ4n) is 5.00. The Morgan fingerprint density at radius 3 is 2.90 bits per heavy atom. The molecule has 1 saturated heterocycles. The molecule has 1 amide bonds. The van der Waals surface area contributed by atoms with Crippen molar-refractivity contribution >= 4 is 16.8 Å². The lowest BCUT2D eigenvalue weighted by molar-refractivity contribution is 0.0923. The Morgan fingerprint density at radius 2 is 2.00 bits per heavy atom. The molecule has 1 aliphatic heterocycles. The van der Waals surface area contributed by atoms with E-state index in [0.29, 0.717) is 24.7 Å². The standard InChI is InChI=1S/C24H28N4O2/c29-24(20-13-26-28-23(20)16-6-2-1-3-7-16)27-22-15-30-14-18(22)12-17-10-11-25-21-9-5-4-8-19(17)21/h4-5,8-11,13,16,18,22H,1-3,6-7,12,14-15H2,(H,26,28)(H,27,29)/t18-,22+/m1/s1. The number of pyridine rings is 1. The second kappa shape index (κ2) is 8.56. The van der Waals surface area contributed by atoms with Crippen LogP contribution in [0.4, 0.5) is 0 Å². The number of rotatable bonds is 5. The molecule has 0 unspecified atom stereocenters. The Morgan fingerprint density at radius 1 is 1.13 bits per heavy atom. The average molecular weight is 405 g/mol. The number of nitrogens with one attached hydrogen (secondary N) is 2. The smallest absolute Gasteiger partial charge is 0.255 e. The van der Waals surface area contributed by atoms with Crippen molar-refractivity contribution in [2.75, 3.05) is 13.2 Å². The van der Waals surface area contributed by atoms with E-state index in [2.05, 4.69) is 32.6 Å². The maximum Gasteiger partial charge on any atom is 0.255 e. The maximum absolute atomic E-state index is 13.1. The summed E-state index contributed by atoms with van der Waals surface area (Å²) >= 11 is 0. The van der Waals surface area contributed by atoms with Crippen LogP contribution in [0, 0.1) is 5.92 Å². The van der Waals surface area contributed by atoms with Gasteiger partial charge < -0.3 is 10.1 Å². The summed E-state index contributed by atoms with van der Waals surface area (Å²) in [5.74, 6) is 0.620. The minimum Gasteiger partial charge on any atom is -0.379 e. The van der Waals surface area contributed by atoms with E-state index in [1.165, 1.54) is 30.2 Å². The van der Waals surface area contributed by atoms with Gasteiger partial charge in [0.25, 0.3) is 5.91 Å². The summed E-state index contributed by atoms with van der Waals surface area (Å²) in [4.78, 5) is 17.6. The third kappa shape index (κ3) is 3.84. The van der Waals surface area contributed by atoms with Gasteiger partial charge in [0, 0.05) is 23.4 Å². The zero-order chi connectivity index (χ0) is 20.3. The van der Waals surface area contributed by atoms with Gasteiger partial charge in [-0.25, -0.2) is 0 Å². The molecule has 2 fully saturated rings. The van der Waals surface area contributed by atoms with Crippen LogP contribution in [0.3, 0.4) is 0 Å². The van der Waals surface area contributed by atoms with Gasteiger partial charge in [0.15, 0.2) is 0 Å². The second-order valence-corrected chi connectivity index (χ2v) is 8.60. The number of nitrogens with zero attached hydrogens (tertiary/aromatic N) is 2. The Bertz CT molecular complexity index is 1020. The van der Waals surface area contributed by atoms with Crippen molar-refractivity contribution in [3.05, 3.63) is 59.5 Å². The molecule has 2 aromatic heterocycles. The predicted octanol–water partition coefficient (Wildman–Crippen LogP) is 3.99. The number of hydrogen-bond acceptors (Lipinski definition) is 4. The lowest BCUT2D eigenvalue weighted by atomic mass is 9.85. The van der Waals surface area contributed by atoms with Gasteiger partial charge in [-0.2, -0.15) is 5.10 Å². The van der Waals surface area contributed by atoms with E-state index in [1.807, 2.05) is 24.4 Å². The molecule has 2 N–H and O–H groups in total. The lowest BCUT2D eigenvalue weighted by Gasteiger charge is -2.23. The van der Waals surface area contributed by atoms with Crippen LogP contribution in [-0.2, 0) is 11.2 Å². The molecular formula is C24H28N4O2. The number of hydrogen-bond donors (Lipinski definition) is 2. The molecule has 1 aliphatic carbocycles. The highest BCUT2D eigenvalue weighted by Crippen LogP contribution is 2.33. The molecule has 6 nitrogen and oxygen atoms in total. The van der Waals surface area contributed by atoms with E-state index in [1.54, 1.807) is 6.20 Å². The fraction of sp³-hybridized carbons (Fsp3) is 0.458. The largest absolute Gasteiger partial charge is 0.379 e. The summed E-state index contributed by atoms with van der Waals surface area (Å²) < 4.78 is 5.77. The van der Waals surface area contributed by atoms with Crippen molar-refractivity contribution in [3.8, 4) is 0 Å². The summed E-state index contributed by atoms with van der Waals surface area (Å²) in [6, 6.07) is 10.3. The van der Waals surface area contributed by atoms with Crippen LogP contribution in [0.25, 0.3) is 10.9 Å². The highest BCUT2D eigenvalue weighted by Gasteiger charge is 2.32. The van der Waals surface area contributed by atoms with Crippen molar-refractivity contribution in [2.24, 2.45) is 5.92 Å². The van der Waals surface area contributed by atoms with E-state index < -0.39 is 0 Å². The number of H-pyrrole nitrogens is 1. The molecular weight excluding hydrogens is 376 g/mol. The van der Waals surface area contributed by atoms with Crippen LogP contribution in [0.1, 0.15) is 59.6 Å². The molecule has 0 radical (unpaired) electrons. The summed E-state index contributed by atoms with van der Waals surface area (Å²) in [6.07, 6.45) is 10.4. The number of aromatic nitrogens is 3. The Balaban J connectivity index is 1.30. The number of amides is 1. The number of aromatic amines is 1. The third-order valence-electron chi connectivity index (χ3n) is 6.66. The SMILES string of the molecule is O=C(N[C@H]1COC[C@H]1Cc1ccnc2ccccc12)c1cn[nH]c1C1CCCCC1. The van der Waals surface area contributed by atoms with Crippen LogP contribution in [-0.4, -0.2) is 40.3 Å². The van der Waals surface area contributed by atoms with Gasteiger partial charge >= 0.3 is 0 Å². The molecule has 3 heterocycles. The minimum absolute atomic E-state index is 0.00136. The first-order valence-corrected chi connectivity index (χ1v) is 11.0. The predicted molar refractivity (Wildman–Crippen MR) is 115 cm³/mol. The van der Waals surface area contributed by atoms with Crippen molar-refractivity contribution in [2.45, 2.75) is 50.5 Å². The summed E-state index contributed by atoms with van der Waals surface area (Å²) in [7, 11) is 0. The number of ether oxygens (including phenoxy) is 1. The van der Waals surface area contributed by atoms with Crippen molar-refractivity contribution < 1.29 is 9.53 Å². The van der Waals surface area contributed by atoms with Gasteiger partial charge in [0.2, 0.25) is 0 Å². The van der Waals surface area contributed by atoms with Gasteiger partial charge in [0.05, 0.1) is 42.2 Å². The molecule has 5 rings (SSSR count). The Kier molecular flexibility index (Phi) is 5.49. The Labute approximate surface area is 176 Å². The lowest BCUT2D eigenvalue weighted by Crippen LogP contribution is -2.41. The molecule has 3 aromatic rings. The molecule has 2 aliphatic rings. The quantitative estimate of drug-likeness (QED) is 0.674. The highest BCUT2D eigenvalue weighted by atomic mass is 16.5. The van der Waals surface area contributed by atoms with E-state index in [-0.39, 0.29) is 17.9 Å². The van der Waals surface area contributed by atoms with Crippen molar-refractivity contribution in [1.82, 2.24) is 20.5 Å². The molecule has 0 spiro atoms. The molecule has 6 heteroatoms. The summed E-state index contributed by atoms with van der Waals surface area (Å²) in [5.41, 5.74) is 3.95. The van der Waals surface area contributed by atoms with Gasteiger partial charge in [-0.15, -0.1) is 0 Å². The summed E-state index contributed by atoms with van der Waals surface area (Å²) in [5, 5.41) is 11.7. The number of carbonyl (C=O) groups excluding carboxylic acids is 1. The summed E-state index contributed by atoms with van der Waals surface area (Å²) in [6.45, 7) is 1.21. The van der Waals surface area contributed by atoms with E-state index in [0.717, 1.165) is 30.5 Å².